The van der Waals surface area contributed by atoms with E-state index in [1.807, 2.05) is 0 Å². The van der Waals surface area contributed by atoms with Crippen LogP contribution in [0.5, 0.6) is 0 Å². The molecule has 2 aromatic rings. The molecule has 0 aliphatic heterocycles. The monoisotopic (exact) mass is 179 g/mol. The highest BCUT2D eigenvalue weighted by atomic mass is 16.4. The van der Waals surface area contributed by atoms with Gasteiger partial charge in [-0.2, -0.15) is 14.6 Å². The lowest BCUT2D eigenvalue weighted by Crippen LogP contribution is -2.09. The normalized spacial score (nSPS) is 10.5. The Morgan fingerprint density at radius 2 is 2.31 bits per heavy atom. The predicted molar refractivity (Wildman–Crippen MR) is 42.2 cm³/mol. The summed E-state index contributed by atoms with van der Waals surface area (Å²) in [5.41, 5.74) is 5.42. The summed E-state index contributed by atoms with van der Waals surface area (Å²) in [6.07, 6.45) is 2.41. The van der Waals surface area contributed by atoms with Crippen LogP contribution in [0.25, 0.3) is 5.78 Å². The van der Waals surface area contributed by atoms with Gasteiger partial charge >= 0.3 is 5.97 Å². The summed E-state index contributed by atoms with van der Waals surface area (Å²) < 4.78 is 1.17. The molecule has 2 heterocycles. The highest BCUT2D eigenvalue weighted by molar-refractivity contribution is 5.92. The van der Waals surface area contributed by atoms with Crippen molar-refractivity contribution in [1.82, 2.24) is 19.6 Å². The molecule has 0 fully saturated rings. The number of nitrogens with zero attached hydrogens (tertiary/aromatic N) is 4. The molecule has 0 saturated carbocycles. The highest BCUT2D eigenvalue weighted by Gasteiger charge is 2.12. The Labute approximate surface area is 71.8 Å². The fraction of sp³-hybridized carbons (Fsp3) is 0. The average molecular weight is 179 g/mol. The Morgan fingerprint density at radius 3 is 3.00 bits per heavy atom. The van der Waals surface area contributed by atoms with Gasteiger partial charge in [-0.25, -0.2) is 9.78 Å². The number of anilines is 1. The molecule has 13 heavy (non-hydrogen) atoms. The van der Waals surface area contributed by atoms with Crippen molar-refractivity contribution in [2.45, 2.75) is 0 Å². The molecule has 2 rings (SSSR count). The van der Waals surface area contributed by atoms with E-state index in [0.29, 0.717) is 0 Å². The van der Waals surface area contributed by atoms with Crippen molar-refractivity contribution in [2.24, 2.45) is 0 Å². The number of nitrogen functional groups attached to an aromatic ring is 1. The first-order chi connectivity index (χ1) is 6.20. The molecule has 0 bridgehead atoms. The van der Waals surface area contributed by atoms with E-state index in [0.717, 1.165) is 6.20 Å². The van der Waals surface area contributed by atoms with Crippen molar-refractivity contribution < 1.29 is 9.90 Å². The number of aromatic nitrogens is 4. The molecule has 0 unspecified atom stereocenters. The minimum atomic E-state index is -1.14. The summed E-state index contributed by atoms with van der Waals surface area (Å²) >= 11 is 0. The van der Waals surface area contributed by atoms with Crippen LogP contribution in [0, 0.1) is 0 Å². The molecule has 66 valence electrons. The molecule has 2 aromatic heterocycles. The third kappa shape index (κ3) is 0.975. The molecule has 0 spiro atoms. The van der Waals surface area contributed by atoms with Gasteiger partial charge in [0.15, 0.2) is 0 Å². The zero-order valence-electron chi connectivity index (χ0n) is 6.38. The second-order valence-corrected chi connectivity index (χ2v) is 2.33. The summed E-state index contributed by atoms with van der Waals surface area (Å²) in [4.78, 5) is 18.1. The zero-order chi connectivity index (χ0) is 9.42. The Morgan fingerprint density at radius 1 is 1.54 bits per heavy atom. The van der Waals surface area contributed by atoms with Gasteiger partial charge in [0, 0.05) is 6.20 Å². The molecule has 0 aliphatic carbocycles. The SMILES string of the molecule is Nc1c(C(=O)O)cnc2ncnn12. The highest BCUT2D eigenvalue weighted by Crippen LogP contribution is 2.09. The van der Waals surface area contributed by atoms with Gasteiger partial charge in [0.2, 0.25) is 0 Å². The zero-order valence-corrected chi connectivity index (χ0v) is 6.38. The number of nitrogens with two attached hydrogens (primary N) is 1. The van der Waals surface area contributed by atoms with Gasteiger partial charge in [-0.15, -0.1) is 0 Å². The van der Waals surface area contributed by atoms with Crippen molar-refractivity contribution in [3.8, 4) is 0 Å². The Kier molecular flexibility index (Phi) is 1.38. The number of fused-ring (bicyclic) bond motifs is 1. The lowest BCUT2D eigenvalue weighted by atomic mass is 10.3. The van der Waals surface area contributed by atoms with Crippen LogP contribution in [0.1, 0.15) is 10.4 Å². The summed E-state index contributed by atoms with van der Waals surface area (Å²) in [5, 5.41) is 12.4. The third-order valence-corrected chi connectivity index (χ3v) is 1.57. The van der Waals surface area contributed by atoms with Crippen molar-refractivity contribution in [2.75, 3.05) is 5.73 Å². The van der Waals surface area contributed by atoms with E-state index in [9.17, 15) is 4.79 Å². The molecule has 0 aliphatic rings. The minimum Gasteiger partial charge on any atom is -0.477 e. The Bertz CT molecular complexity index is 477. The Hall–Kier alpha value is -2.18. The van der Waals surface area contributed by atoms with Crippen LogP contribution in [-0.4, -0.2) is 30.7 Å². The summed E-state index contributed by atoms with van der Waals surface area (Å²) in [6, 6.07) is 0. The lowest BCUT2D eigenvalue weighted by molar-refractivity contribution is 0.0697. The predicted octanol–water partition coefficient (Wildman–Crippen LogP) is -0.595. The van der Waals surface area contributed by atoms with E-state index >= 15 is 0 Å². The molecule has 0 amide bonds. The Balaban J connectivity index is 2.80. The molecule has 0 saturated heterocycles. The molecule has 0 radical (unpaired) electrons. The van der Waals surface area contributed by atoms with Crippen molar-refractivity contribution >= 4 is 17.6 Å². The van der Waals surface area contributed by atoms with E-state index in [2.05, 4.69) is 15.1 Å². The van der Waals surface area contributed by atoms with E-state index < -0.39 is 5.97 Å². The molecule has 3 N–H and O–H groups in total. The first-order valence-corrected chi connectivity index (χ1v) is 3.37. The molecule has 7 nitrogen and oxygen atoms in total. The maximum atomic E-state index is 10.6. The molecule has 0 atom stereocenters. The van der Waals surface area contributed by atoms with E-state index in [4.69, 9.17) is 10.8 Å². The van der Waals surface area contributed by atoms with Crippen molar-refractivity contribution in [1.29, 1.82) is 0 Å². The van der Waals surface area contributed by atoms with Crippen molar-refractivity contribution in [3.63, 3.8) is 0 Å². The molecular formula is C6H5N5O2. The van der Waals surface area contributed by atoms with Crippen LogP contribution in [0.2, 0.25) is 0 Å². The first-order valence-electron chi connectivity index (χ1n) is 3.37. The summed E-state index contributed by atoms with van der Waals surface area (Å²) in [5.74, 6) is -0.833. The number of carboxylic acid groups (broad SMARTS) is 1. The topological polar surface area (TPSA) is 106 Å². The maximum Gasteiger partial charge on any atom is 0.341 e. The smallest absolute Gasteiger partial charge is 0.341 e. The van der Waals surface area contributed by atoms with Crippen LogP contribution in [0.3, 0.4) is 0 Å². The number of aromatic carboxylic acids is 1. The van der Waals surface area contributed by atoms with Crippen LogP contribution in [0.15, 0.2) is 12.5 Å². The van der Waals surface area contributed by atoms with Crippen molar-refractivity contribution in [3.05, 3.63) is 18.1 Å². The van der Waals surface area contributed by atoms with E-state index in [1.54, 1.807) is 0 Å². The summed E-state index contributed by atoms with van der Waals surface area (Å²) in [7, 11) is 0. The van der Waals surface area contributed by atoms with Gasteiger partial charge in [-0.05, 0) is 0 Å². The van der Waals surface area contributed by atoms with Gasteiger partial charge in [-0.3, -0.25) is 0 Å². The van der Waals surface area contributed by atoms with E-state index in [-0.39, 0.29) is 17.2 Å². The van der Waals surface area contributed by atoms with Gasteiger partial charge < -0.3 is 10.8 Å². The van der Waals surface area contributed by atoms with Crippen LogP contribution in [-0.2, 0) is 0 Å². The number of hydrogen-bond donors (Lipinski definition) is 2. The number of carboxylic acids is 1. The maximum absolute atomic E-state index is 10.6. The number of rotatable bonds is 1. The number of hydrogen-bond acceptors (Lipinski definition) is 5. The third-order valence-electron chi connectivity index (χ3n) is 1.57. The summed E-state index contributed by atoms with van der Waals surface area (Å²) in [6.45, 7) is 0. The second kappa shape index (κ2) is 2.41. The van der Waals surface area contributed by atoms with Gasteiger partial charge in [-0.1, -0.05) is 0 Å². The lowest BCUT2D eigenvalue weighted by Gasteiger charge is -2.00. The largest absolute Gasteiger partial charge is 0.477 e. The molecule has 0 aromatic carbocycles. The minimum absolute atomic E-state index is 0.0231. The van der Waals surface area contributed by atoms with Crippen LogP contribution < -0.4 is 5.73 Å². The van der Waals surface area contributed by atoms with Gasteiger partial charge in [0.25, 0.3) is 5.78 Å². The molecular weight excluding hydrogens is 174 g/mol. The molecule has 7 heteroatoms. The average Bonchev–Trinajstić information content (AvgIpc) is 2.52. The quantitative estimate of drug-likeness (QED) is 0.605. The second-order valence-electron chi connectivity index (χ2n) is 2.33. The first kappa shape index (κ1) is 7.47. The fourth-order valence-corrected chi connectivity index (χ4v) is 0.961. The van der Waals surface area contributed by atoms with Gasteiger partial charge in [0.05, 0.1) is 0 Å². The van der Waals surface area contributed by atoms with Crippen LogP contribution in [0.4, 0.5) is 5.82 Å². The van der Waals surface area contributed by atoms with E-state index in [1.165, 1.54) is 10.8 Å². The standard InChI is InChI=1S/C6H5N5O2/c7-4-3(5(12)13)1-8-6-9-2-10-11(4)6/h1-2H,7H2,(H,12,13). The van der Waals surface area contributed by atoms with Crippen LogP contribution >= 0.6 is 0 Å². The fourth-order valence-electron chi connectivity index (χ4n) is 0.961. The van der Waals surface area contributed by atoms with Gasteiger partial charge in [0.1, 0.15) is 17.7 Å². The number of carbonyl (C=O) groups is 1.